The highest BCUT2D eigenvalue weighted by atomic mass is 16.5. The van der Waals surface area contributed by atoms with Crippen molar-refractivity contribution in [1.82, 2.24) is 0 Å². The quantitative estimate of drug-likeness (QED) is 0.826. The molecule has 1 N–H and O–H groups in total. The number of hydrogen-bond acceptors (Lipinski definition) is 3. The summed E-state index contributed by atoms with van der Waals surface area (Å²) in [4.78, 5) is 11.8. The maximum Gasteiger partial charge on any atom is 0.338 e. The Kier molecular flexibility index (Phi) is 3.21. The molecule has 19 heavy (non-hydrogen) atoms. The van der Waals surface area contributed by atoms with Crippen LogP contribution in [-0.2, 0) is 11.2 Å². The van der Waals surface area contributed by atoms with Crippen molar-refractivity contribution in [3.8, 4) is 0 Å². The van der Waals surface area contributed by atoms with Crippen molar-refractivity contribution in [3.05, 3.63) is 29.3 Å². The number of anilines is 1. The molecule has 1 heterocycles. The van der Waals surface area contributed by atoms with Gasteiger partial charge in [-0.1, -0.05) is 25.3 Å². The van der Waals surface area contributed by atoms with Crippen molar-refractivity contribution in [2.24, 2.45) is 0 Å². The third kappa shape index (κ3) is 2.34. The topological polar surface area (TPSA) is 38.3 Å². The van der Waals surface area contributed by atoms with Crippen LogP contribution in [0.2, 0.25) is 0 Å². The second-order valence-corrected chi connectivity index (χ2v) is 5.74. The second kappa shape index (κ2) is 4.87. The first-order valence-corrected chi connectivity index (χ1v) is 7.31. The van der Waals surface area contributed by atoms with Crippen molar-refractivity contribution in [2.75, 3.05) is 11.9 Å². The zero-order valence-corrected chi connectivity index (χ0v) is 11.5. The number of ether oxygens (including phenoxy) is 1. The first-order chi connectivity index (χ1) is 9.22. The van der Waals surface area contributed by atoms with Gasteiger partial charge in [-0.2, -0.15) is 0 Å². The van der Waals surface area contributed by atoms with Crippen LogP contribution >= 0.6 is 0 Å². The van der Waals surface area contributed by atoms with Gasteiger partial charge in [-0.3, -0.25) is 0 Å². The standard InChI is InChI=1S/C16H21NO2/c1-2-19-15(18)12-6-7-13-11-16(17-14(13)10-12)8-4-3-5-9-16/h6-7,10,17H,2-5,8-9,11H2,1H3. The van der Waals surface area contributed by atoms with E-state index in [9.17, 15) is 4.79 Å². The van der Waals surface area contributed by atoms with Gasteiger partial charge in [-0.25, -0.2) is 4.79 Å². The van der Waals surface area contributed by atoms with Crippen LogP contribution in [0.3, 0.4) is 0 Å². The normalized spacial score (nSPS) is 19.8. The highest BCUT2D eigenvalue weighted by molar-refractivity contribution is 5.91. The SMILES string of the molecule is CCOC(=O)c1ccc2c(c1)NC1(CCCCC1)C2. The highest BCUT2D eigenvalue weighted by Crippen LogP contribution is 2.41. The van der Waals surface area contributed by atoms with Crippen molar-refractivity contribution in [2.45, 2.75) is 51.0 Å². The molecule has 1 aliphatic heterocycles. The molecule has 2 aliphatic rings. The largest absolute Gasteiger partial charge is 0.462 e. The van der Waals surface area contributed by atoms with Crippen LogP contribution in [0, 0.1) is 0 Å². The smallest absolute Gasteiger partial charge is 0.338 e. The number of benzene rings is 1. The lowest BCUT2D eigenvalue weighted by atomic mass is 9.80. The molecule has 1 fully saturated rings. The van der Waals surface area contributed by atoms with Gasteiger partial charge in [0.05, 0.1) is 12.2 Å². The Morgan fingerprint density at radius 3 is 2.84 bits per heavy atom. The van der Waals surface area contributed by atoms with Crippen LogP contribution in [0.15, 0.2) is 18.2 Å². The fraction of sp³-hybridized carbons (Fsp3) is 0.562. The van der Waals surface area contributed by atoms with Crippen LogP contribution in [0.25, 0.3) is 0 Å². The number of carbonyl (C=O) groups excluding carboxylic acids is 1. The lowest BCUT2D eigenvalue weighted by Crippen LogP contribution is -2.38. The molecule has 0 bridgehead atoms. The Labute approximate surface area is 114 Å². The minimum absolute atomic E-state index is 0.225. The third-order valence-corrected chi connectivity index (χ3v) is 4.36. The van der Waals surface area contributed by atoms with E-state index in [0.29, 0.717) is 12.2 Å². The second-order valence-electron chi connectivity index (χ2n) is 5.74. The van der Waals surface area contributed by atoms with Gasteiger partial charge in [-0.15, -0.1) is 0 Å². The Morgan fingerprint density at radius 1 is 1.32 bits per heavy atom. The molecule has 0 atom stereocenters. The van der Waals surface area contributed by atoms with Gasteiger partial charge in [0.25, 0.3) is 0 Å². The van der Waals surface area contributed by atoms with Crippen LogP contribution in [0.1, 0.15) is 54.9 Å². The van der Waals surface area contributed by atoms with Crippen molar-refractivity contribution in [1.29, 1.82) is 0 Å². The van der Waals surface area contributed by atoms with E-state index in [1.54, 1.807) is 0 Å². The van der Waals surface area contributed by atoms with E-state index in [1.165, 1.54) is 37.7 Å². The van der Waals surface area contributed by atoms with Crippen LogP contribution in [0.4, 0.5) is 5.69 Å². The lowest BCUT2D eigenvalue weighted by molar-refractivity contribution is 0.0526. The maximum atomic E-state index is 11.8. The fourth-order valence-corrected chi connectivity index (χ4v) is 3.41. The monoisotopic (exact) mass is 259 g/mol. The van der Waals surface area contributed by atoms with E-state index < -0.39 is 0 Å². The van der Waals surface area contributed by atoms with E-state index in [0.717, 1.165) is 12.1 Å². The highest BCUT2D eigenvalue weighted by Gasteiger charge is 2.37. The van der Waals surface area contributed by atoms with Crippen LogP contribution in [-0.4, -0.2) is 18.1 Å². The van der Waals surface area contributed by atoms with E-state index in [2.05, 4.69) is 11.4 Å². The summed E-state index contributed by atoms with van der Waals surface area (Å²) in [5.74, 6) is -0.225. The predicted molar refractivity (Wildman–Crippen MR) is 75.5 cm³/mol. The number of carbonyl (C=O) groups is 1. The van der Waals surface area contributed by atoms with Crippen molar-refractivity contribution >= 4 is 11.7 Å². The van der Waals surface area contributed by atoms with E-state index in [1.807, 2.05) is 19.1 Å². The van der Waals surface area contributed by atoms with Crippen LogP contribution < -0.4 is 5.32 Å². The van der Waals surface area contributed by atoms with Gasteiger partial charge < -0.3 is 10.1 Å². The van der Waals surface area contributed by atoms with E-state index in [-0.39, 0.29) is 11.5 Å². The van der Waals surface area contributed by atoms with Gasteiger partial charge in [0, 0.05) is 11.2 Å². The number of fused-ring (bicyclic) bond motifs is 1. The summed E-state index contributed by atoms with van der Waals surface area (Å²) in [6.07, 6.45) is 7.57. The molecule has 0 aromatic heterocycles. The van der Waals surface area contributed by atoms with Gasteiger partial charge in [0.2, 0.25) is 0 Å². The zero-order valence-electron chi connectivity index (χ0n) is 11.5. The minimum Gasteiger partial charge on any atom is -0.462 e. The minimum atomic E-state index is -0.225. The molecule has 3 heteroatoms. The Balaban J connectivity index is 1.81. The molecule has 3 nitrogen and oxygen atoms in total. The van der Waals surface area contributed by atoms with Crippen LogP contribution in [0.5, 0.6) is 0 Å². The van der Waals surface area contributed by atoms with Crippen molar-refractivity contribution in [3.63, 3.8) is 0 Å². The Bertz CT molecular complexity index is 490. The molecular weight excluding hydrogens is 238 g/mol. The summed E-state index contributed by atoms with van der Waals surface area (Å²) in [5, 5.41) is 3.68. The van der Waals surface area contributed by atoms with E-state index in [4.69, 9.17) is 4.74 Å². The molecule has 1 spiro atoms. The summed E-state index contributed by atoms with van der Waals surface area (Å²) in [6.45, 7) is 2.26. The first kappa shape index (κ1) is 12.5. The molecule has 0 saturated heterocycles. The average Bonchev–Trinajstić information content (AvgIpc) is 2.76. The number of esters is 1. The zero-order chi connectivity index (χ0) is 13.3. The summed E-state index contributed by atoms with van der Waals surface area (Å²) in [6, 6.07) is 5.93. The molecule has 1 aromatic carbocycles. The predicted octanol–water partition coefficient (Wildman–Crippen LogP) is 3.53. The van der Waals surface area contributed by atoms with Crippen molar-refractivity contribution < 1.29 is 9.53 Å². The summed E-state index contributed by atoms with van der Waals surface area (Å²) < 4.78 is 5.06. The Hall–Kier alpha value is -1.51. The fourth-order valence-electron chi connectivity index (χ4n) is 3.41. The molecular formula is C16H21NO2. The first-order valence-electron chi connectivity index (χ1n) is 7.31. The van der Waals surface area contributed by atoms with Gasteiger partial charge >= 0.3 is 5.97 Å². The third-order valence-electron chi connectivity index (χ3n) is 4.36. The molecule has 0 amide bonds. The molecule has 0 unspecified atom stereocenters. The summed E-state index contributed by atoms with van der Waals surface area (Å²) in [5.41, 5.74) is 3.39. The van der Waals surface area contributed by atoms with E-state index >= 15 is 0 Å². The maximum absolute atomic E-state index is 11.8. The molecule has 1 aromatic rings. The Morgan fingerprint density at radius 2 is 2.11 bits per heavy atom. The number of hydrogen-bond donors (Lipinski definition) is 1. The van der Waals surface area contributed by atoms with Gasteiger partial charge in [0.1, 0.15) is 0 Å². The lowest BCUT2D eigenvalue weighted by Gasteiger charge is -2.34. The average molecular weight is 259 g/mol. The molecule has 3 rings (SSSR count). The molecule has 0 radical (unpaired) electrons. The molecule has 1 saturated carbocycles. The number of rotatable bonds is 2. The molecule has 102 valence electrons. The van der Waals surface area contributed by atoms with Gasteiger partial charge in [-0.05, 0) is 43.9 Å². The number of nitrogens with one attached hydrogen (secondary N) is 1. The molecule has 1 aliphatic carbocycles. The summed E-state index contributed by atoms with van der Waals surface area (Å²) in [7, 11) is 0. The summed E-state index contributed by atoms with van der Waals surface area (Å²) >= 11 is 0. The van der Waals surface area contributed by atoms with Gasteiger partial charge in [0.15, 0.2) is 0 Å².